The van der Waals surface area contributed by atoms with E-state index < -0.39 is 0 Å². The van der Waals surface area contributed by atoms with Crippen molar-refractivity contribution in [3.05, 3.63) is 89.7 Å². The van der Waals surface area contributed by atoms with E-state index in [1.807, 2.05) is 12.1 Å². The first-order valence-corrected chi connectivity index (χ1v) is 10.3. The van der Waals surface area contributed by atoms with Crippen molar-refractivity contribution in [2.45, 2.75) is 19.3 Å². The summed E-state index contributed by atoms with van der Waals surface area (Å²) in [7, 11) is 0. The molecule has 2 heterocycles. The molecule has 0 bridgehead atoms. The monoisotopic (exact) mass is 396 g/mol. The number of nitriles is 1. The Balaban J connectivity index is 1.36. The van der Waals surface area contributed by atoms with Gasteiger partial charge in [-0.25, -0.2) is 0 Å². The van der Waals surface area contributed by atoms with E-state index in [0.717, 1.165) is 38.0 Å². The highest BCUT2D eigenvalue weighted by Crippen LogP contribution is 2.26. The van der Waals surface area contributed by atoms with Gasteiger partial charge in [-0.1, -0.05) is 30.3 Å². The van der Waals surface area contributed by atoms with Crippen LogP contribution in [0.1, 0.15) is 34.5 Å². The molecular weight excluding hydrogens is 372 g/mol. The largest absolute Gasteiger partial charge is 0.371 e. The molecule has 30 heavy (non-hydrogen) atoms. The molecule has 1 aliphatic rings. The van der Waals surface area contributed by atoms with Crippen molar-refractivity contribution in [1.29, 1.82) is 5.26 Å². The van der Waals surface area contributed by atoms with Gasteiger partial charge in [0, 0.05) is 30.7 Å². The summed E-state index contributed by atoms with van der Waals surface area (Å²) >= 11 is 0. The topological polar surface area (TPSA) is 69.0 Å². The fourth-order valence-corrected chi connectivity index (χ4v) is 3.91. The number of hydrogen-bond acceptors (Lipinski definition) is 4. The van der Waals surface area contributed by atoms with Crippen molar-refractivity contribution < 1.29 is 4.79 Å². The summed E-state index contributed by atoms with van der Waals surface area (Å²) in [5, 5.41) is 11.7. The van der Waals surface area contributed by atoms with E-state index in [1.54, 1.807) is 30.5 Å². The second-order valence-electron chi connectivity index (χ2n) is 7.66. The van der Waals surface area contributed by atoms with Crippen molar-refractivity contribution in [3.8, 4) is 6.07 Å². The van der Waals surface area contributed by atoms with Crippen molar-refractivity contribution in [3.63, 3.8) is 0 Å². The molecule has 150 valence electrons. The van der Waals surface area contributed by atoms with E-state index in [0.29, 0.717) is 22.9 Å². The average molecular weight is 396 g/mol. The lowest BCUT2D eigenvalue weighted by molar-refractivity contribution is 0.102. The van der Waals surface area contributed by atoms with Crippen molar-refractivity contribution in [2.75, 3.05) is 23.3 Å². The zero-order valence-corrected chi connectivity index (χ0v) is 16.8. The van der Waals surface area contributed by atoms with Gasteiger partial charge in [0.15, 0.2) is 0 Å². The molecule has 0 atom stereocenters. The fourth-order valence-electron chi connectivity index (χ4n) is 3.91. The van der Waals surface area contributed by atoms with E-state index in [2.05, 4.69) is 51.6 Å². The number of amides is 1. The van der Waals surface area contributed by atoms with Crippen LogP contribution in [0.5, 0.6) is 0 Å². The molecule has 2 aromatic carbocycles. The standard InChI is InChI=1S/C25H24N4O/c26-18-21-6-8-22(9-7-21)28-25(30)24-17-23(10-13-27-24)29-14-11-20(12-15-29)16-19-4-2-1-3-5-19/h1-10,13,17,20H,11-12,14-16H2,(H,28,30). The second-order valence-corrected chi connectivity index (χ2v) is 7.66. The zero-order chi connectivity index (χ0) is 20.8. The molecule has 3 aromatic rings. The predicted molar refractivity (Wildman–Crippen MR) is 118 cm³/mol. The van der Waals surface area contributed by atoms with E-state index in [-0.39, 0.29) is 5.91 Å². The quantitative estimate of drug-likeness (QED) is 0.681. The Labute approximate surface area is 177 Å². The van der Waals surface area contributed by atoms with Gasteiger partial charge in [0.1, 0.15) is 5.69 Å². The summed E-state index contributed by atoms with van der Waals surface area (Å²) < 4.78 is 0. The Morgan fingerprint density at radius 3 is 2.50 bits per heavy atom. The first-order chi connectivity index (χ1) is 14.7. The van der Waals surface area contributed by atoms with E-state index >= 15 is 0 Å². The summed E-state index contributed by atoms with van der Waals surface area (Å²) in [5.74, 6) is 0.449. The van der Waals surface area contributed by atoms with Crippen LogP contribution in [0.2, 0.25) is 0 Å². The van der Waals surface area contributed by atoms with Crippen LogP contribution in [0.3, 0.4) is 0 Å². The lowest BCUT2D eigenvalue weighted by atomic mass is 9.90. The van der Waals surface area contributed by atoms with Gasteiger partial charge in [-0.2, -0.15) is 5.26 Å². The van der Waals surface area contributed by atoms with E-state index in [9.17, 15) is 4.79 Å². The number of aromatic nitrogens is 1. The Morgan fingerprint density at radius 1 is 1.07 bits per heavy atom. The fraction of sp³-hybridized carbons (Fsp3) is 0.240. The summed E-state index contributed by atoms with van der Waals surface area (Å²) in [5.41, 5.74) is 4.04. The molecule has 1 aromatic heterocycles. The van der Waals surface area contributed by atoms with Gasteiger partial charge in [-0.3, -0.25) is 9.78 Å². The van der Waals surface area contributed by atoms with Gasteiger partial charge >= 0.3 is 0 Å². The molecule has 0 radical (unpaired) electrons. The average Bonchev–Trinajstić information content (AvgIpc) is 2.81. The number of carbonyl (C=O) groups is 1. The second kappa shape index (κ2) is 9.23. The van der Waals surface area contributed by atoms with Crippen LogP contribution < -0.4 is 10.2 Å². The number of nitrogens with zero attached hydrogens (tertiary/aromatic N) is 3. The Kier molecular flexibility index (Phi) is 6.05. The smallest absolute Gasteiger partial charge is 0.274 e. The SMILES string of the molecule is N#Cc1ccc(NC(=O)c2cc(N3CCC(Cc4ccccc4)CC3)ccn2)cc1. The van der Waals surface area contributed by atoms with Crippen molar-refractivity contribution in [1.82, 2.24) is 4.98 Å². The van der Waals surface area contributed by atoms with Crippen molar-refractivity contribution >= 4 is 17.3 Å². The number of nitrogens with one attached hydrogen (secondary N) is 1. The normalized spacial score (nSPS) is 14.2. The van der Waals surface area contributed by atoms with E-state index in [1.165, 1.54) is 5.56 Å². The van der Waals surface area contributed by atoms with Gasteiger partial charge in [-0.15, -0.1) is 0 Å². The number of piperidine rings is 1. The summed E-state index contributed by atoms with van der Waals surface area (Å²) in [6, 6.07) is 23.4. The van der Waals surface area contributed by atoms with Crippen molar-refractivity contribution in [2.24, 2.45) is 5.92 Å². The van der Waals surface area contributed by atoms with Crippen LogP contribution in [-0.4, -0.2) is 24.0 Å². The van der Waals surface area contributed by atoms with E-state index in [4.69, 9.17) is 5.26 Å². The molecule has 1 aliphatic heterocycles. The van der Waals surface area contributed by atoms with Gasteiger partial charge in [-0.05, 0) is 67.1 Å². The molecule has 0 unspecified atom stereocenters. The first kappa shape index (κ1) is 19.7. The molecule has 0 saturated carbocycles. The Bertz CT molecular complexity index is 1030. The number of anilines is 2. The molecule has 1 amide bonds. The molecule has 1 N–H and O–H groups in total. The molecule has 0 spiro atoms. The van der Waals surface area contributed by atoms with Crippen LogP contribution in [0.4, 0.5) is 11.4 Å². The minimum atomic E-state index is -0.250. The summed E-state index contributed by atoms with van der Waals surface area (Å²) in [4.78, 5) is 19.2. The maximum absolute atomic E-state index is 12.6. The van der Waals surface area contributed by atoms with Crippen LogP contribution >= 0.6 is 0 Å². The molecule has 5 heteroatoms. The molecular formula is C25H24N4O. The van der Waals surface area contributed by atoms with Crippen LogP contribution in [0.15, 0.2) is 72.9 Å². The molecule has 5 nitrogen and oxygen atoms in total. The maximum atomic E-state index is 12.6. The molecule has 1 fully saturated rings. The maximum Gasteiger partial charge on any atom is 0.274 e. The molecule has 1 saturated heterocycles. The minimum Gasteiger partial charge on any atom is -0.371 e. The third-order valence-corrected chi connectivity index (χ3v) is 5.59. The van der Waals surface area contributed by atoms with Gasteiger partial charge in [0.25, 0.3) is 5.91 Å². The number of rotatable bonds is 5. The third-order valence-electron chi connectivity index (χ3n) is 5.59. The third kappa shape index (κ3) is 4.84. The number of pyridine rings is 1. The Hall–Kier alpha value is -3.65. The Morgan fingerprint density at radius 2 is 1.80 bits per heavy atom. The molecule has 0 aliphatic carbocycles. The highest BCUT2D eigenvalue weighted by Gasteiger charge is 2.20. The van der Waals surface area contributed by atoms with Crippen LogP contribution in [-0.2, 0) is 6.42 Å². The van der Waals surface area contributed by atoms with Gasteiger partial charge in [0.2, 0.25) is 0 Å². The lowest BCUT2D eigenvalue weighted by Gasteiger charge is -2.33. The van der Waals surface area contributed by atoms with Crippen LogP contribution in [0, 0.1) is 17.2 Å². The van der Waals surface area contributed by atoms with Gasteiger partial charge < -0.3 is 10.2 Å². The molecule has 4 rings (SSSR count). The summed E-state index contributed by atoms with van der Waals surface area (Å²) in [6.07, 6.45) is 5.11. The van der Waals surface area contributed by atoms with Crippen LogP contribution in [0.25, 0.3) is 0 Å². The lowest BCUT2D eigenvalue weighted by Crippen LogP contribution is -2.34. The number of hydrogen-bond donors (Lipinski definition) is 1. The summed E-state index contributed by atoms with van der Waals surface area (Å²) in [6.45, 7) is 1.97. The predicted octanol–water partition coefficient (Wildman–Crippen LogP) is 4.66. The minimum absolute atomic E-state index is 0.250. The first-order valence-electron chi connectivity index (χ1n) is 10.3. The number of carbonyl (C=O) groups excluding carboxylic acids is 1. The highest BCUT2D eigenvalue weighted by atomic mass is 16.1. The number of benzene rings is 2. The highest BCUT2D eigenvalue weighted by molar-refractivity contribution is 6.03. The zero-order valence-electron chi connectivity index (χ0n) is 16.8. The van der Waals surface area contributed by atoms with Gasteiger partial charge in [0.05, 0.1) is 11.6 Å².